The van der Waals surface area contributed by atoms with Crippen LogP contribution in [0.5, 0.6) is 0 Å². The van der Waals surface area contributed by atoms with Crippen LogP contribution in [0.25, 0.3) is 10.9 Å². The number of benzene rings is 1. The first-order valence-corrected chi connectivity index (χ1v) is 9.14. The van der Waals surface area contributed by atoms with Crippen molar-refractivity contribution in [3.8, 4) is 0 Å². The lowest BCUT2D eigenvalue weighted by molar-refractivity contribution is 0.0728. The van der Waals surface area contributed by atoms with Gasteiger partial charge in [0.05, 0.1) is 5.69 Å². The van der Waals surface area contributed by atoms with E-state index in [0.717, 1.165) is 29.6 Å². The monoisotopic (exact) mass is 334 g/mol. The maximum atomic E-state index is 13.0. The van der Waals surface area contributed by atoms with Crippen molar-refractivity contribution >= 4 is 16.8 Å². The minimum atomic E-state index is 0.0852. The molecule has 1 aromatic carbocycles. The zero-order chi connectivity index (χ0) is 17.0. The van der Waals surface area contributed by atoms with Crippen molar-refractivity contribution in [2.24, 2.45) is 0 Å². The molecule has 1 fully saturated rings. The Hall–Kier alpha value is -2.56. The van der Waals surface area contributed by atoms with E-state index in [1.165, 1.54) is 36.1 Å². The fraction of sp³-hybridized carbons (Fsp3) is 0.400. The molecule has 1 amide bonds. The Morgan fingerprint density at radius 2 is 2.20 bits per heavy atom. The molecule has 2 aliphatic rings. The lowest BCUT2D eigenvalue weighted by Crippen LogP contribution is -2.36. The molecule has 0 spiro atoms. The highest BCUT2D eigenvalue weighted by atomic mass is 16.2. The van der Waals surface area contributed by atoms with Gasteiger partial charge in [-0.15, -0.1) is 0 Å². The Kier molecular flexibility index (Phi) is 3.23. The number of carbonyl (C=O) groups excluding carboxylic acids is 1. The number of H-pyrrole nitrogens is 2. The molecular weight excluding hydrogens is 312 g/mol. The second-order valence-corrected chi connectivity index (χ2v) is 7.39. The van der Waals surface area contributed by atoms with Crippen molar-refractivity contribution in [1.82, 2.24) is 20.1 Å². The molecule has 0 radical (unpaired) electrons. The fourth-order valence-corrected chi connectivity index (χ4v) is 4.11. The summed E-state index contributed by atoms with van der Waals surface area (Å²) in [4.78, 5) is 18.3. The van der Waals surface area contributed by atoms with Gasteiger partial charge in [0, 0.05) is 47.6 Å². The van der Waals surface area contributed by atoms with E-state index in [4.69, 9.17) is 0 Å². The third kappa shape index (κ3) is 2.29. The Balaban J connectivity index is 1.44. The smallest absolute Gasteiger partial charge is 0.270 e. The van der Waals surface area contributed by atoms with Gasteiger partial charge in [-0.05, 0) is 37.5 Å². The zero-order valence-corrected chi connectivity index (χ0v) is 14.4. The summed E-state index contributed by atoms with van der Waals surface area (Å²) in [5.74, 6) is 0.698. The van der Waals surface area contributed by atoms with Gasteiger partial charge in [0.2, 0.25) is 0 Å². The van der Waals surface area contributed by atoms with E-state index in [0.29, 0.717) is 18.2 Å². The number of carbonyl (C=O) groups is 1. The van der Waals surface area contributed by atoms with Gasteiger partial charge in [0.1, 0.15) is 5.69 Å². The molecule has 1 aliphatic carbocycles. The number of aryl methyl sites for hydroxylation is 1. The highest BCUT2D eigenvalue weighted by Crippen LogP contribution is 2.39. The molecule has 25 heavy (non-hydrogen) atoms. The summed E-state index contributed by atoms with van der Waals surface area (Å²) in [6, 6.07) is 8.11. The second kappa shape index (κ2) is 5.48. The van der Waals surface area contributed by atoms with Crippen molar-refractivity contribution in [1.29, 1.82) is 0 Å². The SMILES string of the molecule is Cc1cccc2[nH]c(C(=O)N3CCc4n[nH]c(C5CCC5)c4C3)cc12. The van der Waals surface area contributed by atoms with Gasteiger partial charge in [0.25, 0.3) is 5.91 Å². The molecule has 0 atom stereocenters. The van der Waals surface area contributed by atoms with Crippen molar-refractivity contribution in [3.05, 3.63) is 52.5 Å². The first-order chi connectivity index (χ1) is 12.2. The van der Waals surface area contributed by atoms with Crippen LogP contribution >= 0.6 is 0 Å². The van der Waals surface area contributed by atoms with Gasteiger partial charge < -0.3 is 9.88 Å². The van der Waals surface area contributed by atoms with Crippen molar-refractivity contribution in [3.63, 3.8) is 0 Å². The average molecular weight is 334 g/mol. The number of fused-ring (bicyclic) bond motifs is 2. The van der Waals surface area contributed by atoms with E-state index < -0.39 is 0 Å². The average Bonchev–Trinajstić information content (AvgIpc) is 3.18. The number of aromatic nitrogens is 3. The van der Waals surface area contributed by atoms with Gasteiger partial charge in [-0.3, -0.25) is 9.89 Å². The minimum absolute atomic E-state index is 0.0852. The molecule has 2 aromatic heterocycles. The van der Waals surface area contributed by atoms with Crippen LogP contribution in [0, 0.1) is 6.92 Å². The number of amides is 1. The summed E-state index contributed by atoms with van der Waals surface area (Å²) < 4.78 is 0. The maximum Gasteiger partial charge on any atom is 0.270 e. The molecule has 0 unspecified atom stereocenters. The third-order valence-corrected chi connectivity index (χ3v) is 5.87. The highest BCUT2D eigenvalue weighted by molar-refractivity contribution is 5.98. The van der Waals surface area contributed by atoms with Gasteiger partial charge in [-0.1, -0.05) is 18.6 Å². The Bertz CT molecular complexity index is 963. The lowest BCUT2D eigenvalue weighted by Gasteiger charge is -2.30. The van der Waals surface area contributed by atoms with E-state index in [-0.39, 0.29) is 5.91 Å². The van der Waals surface area contributed by atoms with E-state index in [1.807, 2.05) is 23.1 Å². The van der Waals surface area contributed by atoms with Crippen molar-refractivity contribution < 1.29 is 4.79 Å². The van der Waals surface area contributed by atoms with Crippen LogP contribution in [0.2, 0.25) is 0 Å². The van der Waals surface area contributed by atoms with Crippen LogP contribution < -0.4 is 0 Å². The van der Waals surface area contributed by atoms with Gasteiger partial charge >= 0.3 is 0 Å². The lowest BCUT2D eigenvalue weighted by atomic mass is 9.81. The molecule has 1 saturated carbocycles. The molecule has 5 heteroatoms. The Morgan fingerprint density at radius 1 is 1.32 bits per heavy atom. The van der Waals surface area contributed by atoms with Crippen LogP contribution in [0.1, 0.15) is 58.2 Å². The predicted octanol–water partition coefficient (Wildman–Crippen LogP) is 3.67. The second-order valence-electron chi connectivity index (χ2n) is 7.39. The van der Waals surface area contributed by atoms with E-state index in [1.54, 1.807) is 0 Å². The first kappa shape index (κ1) is 14.8. The van der Waals surface area contributed by atoms with Crippen LogP contribution in [-0.2, 0) is 13.0 Å². The van der Waals surface area contributed by atoms with E-state index in [9.17, 15) is 4.79 Å². The summed E-state index contributed by atoms with van der Waals surface area (Å²) in [6.07, 6.45) is 4.62. The van der Waals surface area contributed by atoms with Gasteiger partial charge in [-0.2, -0.15) is 5.10 Å². The minimum Gasteiger partial charge on any atom is -0.351 e. The Morgan fingerprint density at radius 3 is 2.96 bits per heavy atom. The van der Waals surface area contributed by atoms with Gasteiger partial charge in [0.15, 0.2) is 0 Å². The zero-order valence-electron chi connectivity index (χ0n) is 14.4. The molecule has 128 valence electrons. The number of rotatable bonds is 2. The normalized spacial score (nSPS) is 17.6. The van der Waals surface area contributed by atoms with Crippen LogP contribution in [-0.4, -0.2) is 32.5 Å². The first-order valence-electron chi connectivity index (χ1n) is 9.14. The molecule has 5 rings (SSSR count). The number of hydrogen-bond acceptors (Lipinski definition) is 2. The van der Waals surface area contributed by atoms with Crippen LogP contribution in [0.4, 0.5) is 0 Å². The molecule has 3 aromatic rings. The van der Waals surface area contributed by atoms with E-state index in [2.05, 4.69) is 28.2 Å². The largest absolute Gasteiger partial charge is 0.351 e. The topological polar surface area (TPSA) is 64.8 Å². The van der Waals surface area contributed by atoms with Crippen LogP contribution in [0.3, 0.4) is 0 Å². The summed E-state index contributed by atoms with van der Waals surface area (Å²) in [5, 5.41) is 8.88. The molecule has 1 aliphatic heterocycles. The van der Waals surface area contributed by atoms with Crippen molar-refractivity contribution in [2.75, 3.05) is 6.54 Å². The number of nitrogens with one attached hydrogen (secondary N) is 2. The number of hydrogen-bond donors (Lipinski definition) is 2. The molecular formula is C20H22N4O. The van der Waals surface area contributed by atoms with E-state index >= 15 is 0 Å². The molecule has 2 N–H and O–H groups in total. The summed E-state index contributed by atoms with van der Waals surface area (Å²) >= 11 is 0. The van der Waals surface area contributed by atoms with Crippen LogP contribution in [0.15, 0.2) is 24.3 Å². The Labute approximate surface area is 146 Å². The third-order valence-electron chi connectivity index (χ3n) is 5.87. The maximum absolute atomic E-state index is 13.0. The van der Waals surface area contributed by atoms with Crippen molar-refractivity contribution in [2.45, 2.75) is 45.1 Å². The quantitative estimate of drug-likeness (QED) is 0.751. The fourth-order valence-electron chi connectivity index (χ4n) is 4.11. The number of aromatic amines is 2. The standard InChI is InChI=1S/C20H22N4O/c1-12-4-2-7-16-14(12)10-18(21-16)20(25)24-9-8-17-15(11-24)19(23-22-17)13-5-3-6-13/h2,4,7,10,13,21H,3,5-6,8-9,11H2,1H3,(H,22,23). The number of nitrogens with zero attached hydrogens (tertiary/aromatic N) is 2. The summed E-state index contributed by atoms with van der Waals surface area (Å²) in [5.41, 5.74) is 6.58. The highest BCUT2D eigenvalue weighted by Gasteiger charge is 2.31. The van der Waals surface area contributed by atoms with Gasteiger partial charge in [-0.25, -0.2) is 0 Å². The predicted molar refractivity (Wildman–Crippen MR) is 96.7 cm³/mol. The molecule has 0 saturated heterocycles. The molecule has 5 nitrogen and oxygen atoms in total. The summed E-state index contributed by atoms with van der Waals surface area (Å²) in [6.45, 7) is 3.48. The summed E-state index contributed by atoms with van der Waals surface area (Å²) in [7, 11) is 0. The molecule has 0 bridgehead atoms. The molecule has 3 heterocycles.